The number of anilines is 1. The minimum atomic E-state index is -2.81. The van der Waals surface area contributed by atoms with Gasteiger partial charge in [-0.15, -0.1) is 10.2 Å². The number of alkyl halides is 2. The van der Waals surface area contributed by atoms with Crippen LogP contribution in [0.4, 0.5) is 14.6 Å². The number of hydrogen-bond donors (Lipinski definition) is 3. The molecule has 0 aliphatic carbocycles. The average Bonchev–Trinajstić information content (AvgIpc) is 3.18. The fourth-order valence-corrected chi connectivity index (χ4v) is 2.44. The maximum absolute atomic E-state index is 12.6. The molecule has 2 aromatic heterocycles. The Morgan fingerprint density at radius 3 is 2.43 bits per heavy atom. The van der Waals surface area contributed by atoms with Crippen LogP contribution >= 0.6 is 0 Å². The molecule has 6 N–H and O–H groups in total. The van der Waals surface area contributed by atoms with E-state index in [-0.39, 0.29) is 11.9 Å². The van der Waals surface area contributed by atoms with Crippen LogP contribution in [0.25, 0.3) is 17.2 Å². The van der Waals surface area contributed by atoms with Crippen molar-refractivity contribution in [2.45, 2.75) is 19.4 Å². The first-order valence-electron chi connectivity index (χ1n) is 8.29. The molecule has 1 aromatic carbocycles. The normalized spacial score (nSPS) is 13.0. The second-order valence-electron chi connectivity index (χ2n) is 6.05. The zero-order valence-corrected chi connectivity index (χ0v) is 15.0. The Bertz CT molecular complexity index is 955. The van der Waals surface area contributed by atoms with Gasteiger partial charge in [0.1, 0.15) is 5.82 Å². The number of nitrogen functional groups attached to an aromatic ring is 1. The summed E-state index contributed by atoms with van der Waals surface area (Å²) < 4.78 is 30.1. The predicted octanol–water partition coefficient (Wildman–Crippen LogP) is 2.85. The van der Waals surface area contributed by atoms with E-state index in [0.717, 1.165) is 5.56 Å². The maximum atomic E-state index is 12.6. The molecule has 0 fully saturated rings. The summed E-state index contributed by atoms with van der Waals surface area (Å²) in [5.74, 6) is 5.83. The quantitative estimate of drug-likeness (QED) is 0.434. The number of hydrogen-bond acceptors (Lipinski definition) is 8. The summed E-state index contributed by atoms with van der Waals surface area (Å²) in [5, 5.41) is 8.40. The standard InChI is InChI=1S/C18H19F2N7O/c1-10(27(23)9-14(21)13-6-7-15(22)24-8-13)11-2-4-12(5-3-11)17-25-26-18(28-17)16(19)20/h2-10,16H,21,23H2,1H3,(H2,22,24)/b14-9-. The Labute approximate surface area is 159 Å². The van der Waals surface area contributed by atoms with Crippen LogP contribution in [0.2, 0.25) is 0 Å². The lowest BCUT2D eigenvalue weighted by molar-refractivity contribution is 0.116. The molecule has 28 heavy (non-hydrogen) atoms. The topological polar surface area (TPSA) is 133 Å². The van der Waals surface area contributed by atoms with Crippen molar-refractivity contribution in [3.63, 3.8) is 0 Å². The maximum Gasteiger partial charge on any atom is 0.314 e. The fourth-order valence-electron chi connectivity index (χ4n) is 2.44. The van der Waals surface area contributed by atoms with Crippen molar-refractivity contribution in [1.29, 1.82) is 0 Å². The summed E-state index contributed by atoms with van der Waals surface area (Å²) in [6.07, 6.45) is 0.352. The van der Waals surface area contributed by atoms with Crippen molar-refractivity contribution in [3.05, 3.63) is 65.8 Å². The van der Waals surface area contributed by atoms with Crippen molar-refractivity contribution >= 4 is 11.5 Å². The third kappa shape index (κ3) is 4.23. The summed E-state index contributed by atoms with van der Waals surface area (Å²) >= 11 is 0. The molecule has 0 spiro atoms. The lowest BCUT2D eigenvalue weighted by Crippen LogP contribution is -2.29. The van der Waals surface area contributed by atoms with Gasteiger partial charge in [0.05, 0.1) is 11.7 Å². The number of nitrogens with two attached hydrogens (primary N) is 3. The van der Waals surface area contributed by atoms with E-state index in [9.17, 15) is 8.78 Å². The Morgan fingerprint density at radius 2 is 1.86 bits per heavy atom. The van der Waals surface area contributed by atoms with E-state index < -0.39 is 12.3 Å². The third-order valence-corrected chi connectivity index (χ3v) is 4.12. The Kier molecular flexibility index (Phi) is 5.50. The molecule has 1 atom stereocenters. The van der Waals surface area contributed by atoms with Crippen LogP contribution in [0.1, 0.15) is 36.4 Å². The van der Waals surface area contributed by atoms with Crippen LogP contribution in [0.3, 0.4) is 0 Å². The fraction of sp³-hybridized carbons (Fsp3) is 0.167. The molecule has 2 heterocycles. The van der Waals surface area contributed by atoms with Crippen LogP contribution in [0, 0.1) is 0 Å². The summed E-state index contributed by atoms with van der Waals surface area (Å²) in [5.41, 5.74) is 14.2. The summed E-state index contributed by atoms with van der Waals surface area (Å²) in [6, 6.07) is 10.2. The molecule has 0 radical (unpaired) electrons. The molecule has 0 amide bonds. The molecule has 10 heteroatoms. The van der Waals surface area contributed by atoms with E-state index in [1.165, 1.54) is 5.01 Å². The Balaban J connectivity index is 1.73. The third-order valence-electron chi connectivity index (χ3n) is 4.12. The summed E-state index contributed by atoms with van der Waals surface area (Å²) in [6.45, 7) is 1.89. The van der Waals surface area contributed by atoms with E-state index in [2.05, 4.69) is 15.2 Å². The van der Waals surface area contributed by atoms with Gasteiger partial charge in [0.2, 0.25) is 5.89 Å². The molecule has 146 valence electrons. The zero-order chi connectivity index (χ0) is 20.3. The highest BCUT2D eigenvalue weighted by Crippen LogP contribution is 2.26. The SMILES string of the molecule is CC(c1ccc(-c2nnc(C(F)F)o2)cc1)N(N)/C=C(\N)c1ccc(N)nc1. The van der Waals surface area contributed by atoms with Gasteiger partial charge in [0.15, 0.2) is 0 Å². The van der Waals surface area contributed by atoms with Crippen LogP contribution in [-0.2, 0) is 0 Å². The molecule has 0 aliphatic rings. The van der Waals surface area contributed by atoms with Gasteiger partial charge < -0.3 is 20.9 Å². The lowest BCUT2D eigenvalue weighted by Gasteiger charge is -2.23. The minimum absolute atomic E-state index is 0.0269. The molecule has 1 unspecified atom stereocenters. The van der Waals surface area contributed by atoms with Gasteiger partial charge in [0.25, 0.3) is 5.89 Å². The lowest BCUT2D eigenvalue weighted by atomic mass is 10.1. The molecular formula is C18H19F2N7O. The first-order chi connectivity index (χ1) is 13.3. The molecule has 0 aliphatic heterocycles. The van der Waals surface area contributed by atoms with E-state index in [0.29, 0.717) is 22.6 Å². The number of hydrazine groups is 1. The van der Waals surface area contributed by atoms with Gasteiger partial charge in [-0.25, -0.2) is 10.8 Å². The van der Waals surface area contributed by atoms with Crippen molar-refractivity contribution in [1.82, 2.24) is 20.2 Å². The molecule has 0 saturated carbocycles. The number of benzene rings is 1. The number of halogens is 2. The van der Waals surface area contributed by atoms with Crippen LogP contribution in [0.15, 0.2) is 53.2 Å². The highest BCUT2D eigenvalue weighted by atomic mass is 19.3. The van der Waals surface area contributed by atoms with Crippen molar-refractivity contribution in [3.8, 4) is 11.5 Å². The molecule has 3 aromatic rings. The van der Waals surface area contributed by atoms with Crippen LogP contribution in [0.5, 0.6) is 0 Å². The van der Waals surface area contributed by atoms with Crippen molar-refractivity contribution in [2.75, 3.05) is 5.73 Å². The number of rotatable bonds is 6. The first-order valence-corrected chi connectivity index (χ1v) is 8.29. The van der Waals surface area contributed by atoms with Gasteiger partial charge in [-0.2, -0.15) is 8.78 Å². The predicted molar refractivity (Wildman–Crippen MR) is 99.9 cm³/mol. The number of nitrogens with zero attached hydrogens (tertiary/aromatic N) is 4. The molecular weight excluding hydrogens is 368 g/mol. The zero-order valence-electron chi connectivity index (χ0n) is 15.0. The smallest absolute Gasteiger partial charge is 0.314 e. The molecule has 0 saturated heterocycles. The summed E-state index contributed by atoms with van der Waals surface area (Å²) in [4.78, 5) is 3.99. The van der Waals surface area contributed by atoms with E-state index in [1.54, 1.807) is 48.8 Å². The number of pyridine rings is 1. The second kappa shape index (κ2) is 8.01. The number of aromatic nitrogens is 3. The Hall–Kier alpha value is -3.53. The van der Waals surface area contributed by atoms with E-state index in [1.807, 2.05) is 6.92 Å². The monoisotopic (exact) mass is 387 g/mol. The second-order valence-corrected chi connectivity index (χ2v) is 6.05. The van der Waals surface area contributed by atoms with Gasteiger partial charge in [-0.3, -0.25) is 0 Å². The van der Waals surface area contributed by atoms with E-state index >= 15 is 0 Å². The van der Waals surface area contributed by atoms with Crippen molar-refractivity contribution < 1.29 is 13.2 Å². The van der Waals surface area contributed by atoms with Gasteiger partial charge in [-0.05, 0) is 36.8 Å². The largest absolute Gasteiger partial charge is 0.415 e. The molecule has 8 nitrogen and oxygen atoms in total. The highest BCUT2D eigenvalue weighted by molar-refractivity contribution is 5.62. The minimum Gasteiger partial charge on any atom is -0.415 e. The molecule has 3 rings (SSSR count). The van der Waals surface area contributed by atoms with Crippen LogP contribution in [-0.4, -0.2) is 20.2 Å². The van der Waals surface area contributed by atoms with Gasteiger partial charge in [-0.1, -0.05) is 12.1 Å². The van der Waals surface area contributed by atoms with Gasteiger partial charge >= 0.3 is 6.43 Å². The summed E-state index contributed by atoms with van der Waals surface area (Å²) in [7, 11) is 0. The van der Waals surface area contributed by atoms with Crippen LogP contribution < -0.4 is 17.3 Å². The van der Waals surface area contributed by atoms with Crippen molar-refractivity contribution in [2.24, 2.45) is 11.6 Å². The van der Waals surface area contributed by atoms with Gasteiger partial charge in [0, 0.05) is 23.5 Å². The highest BCUT2D eigenvalue weighted by Gasteiger charge is 2.17. The average molecular weight is 387 g/mol. The van der Waals surface area contributed by atoms with E-state index in [4.69, 9.17) is 21.7 Å². The first kappa shape index (κ1) is 19.2. The molecule has 0 bridgehead atoms. The Morgan fingerprint density at radius 1 is 1.14 bits per heavy atom.